The fraction of sp³-hybridized carbons (Fsp3) is 0. The van der Waals surface area contributed by atoms with Crippen molar-refractivity contribution in [3.05, 3.63) is 51.5 Å². The number of pyridine rings is 1. The molecule has 2 aromatic rings. The number of hydrogen-bond donors (Lipinski definition) is 1. The van der Waals surface area contributed by atoms with E-state index in [1.54, 1.807) is 30.3 Å². The van der Waals surface area contributed by atoms with Gasteiger partial charge >= 0.3 is 0 Å². The summed E-state index contributed by atoms with van der Waals surface area (Å²) in [6, 6.07) is 11.4. The maximum atomic E-state index is 12.0. The lowest BCUT2D eigenvalue weighted by Gasteiger charge is -2.07. The van der Waals surface area contributed by atoms with E-state index in [1.807, 2.05) is 0 Å². The number of nitrogens with zero attached hydrogens (tertiary/aromatic N) is 1. The second kappa shape index (κ2) is 5.38. The lowest BCUT2D eigenvalue weighted by molar-refractivity contribution is 0.601. The molecule has 2 rings (SSSR count). The van der Waals surface area contributed by atoms with Gasteiger partial charge < -0.3 is 0 Å². The van der Waals surface area contributed by atoms with Gasteiger partial charge in [-0.2, -0.15) is 0 Å². The molecule has 0 radical (unpaired) electrons. The molecule has 1 N–H and O–H groups in total. The number of aromatic nitrogens is 1. The first-order valence-electron chi connectivity index (χ1n) is 4.88. The first kappa shape index (κ1) is 13.5. The lowest BCUT2D eigenvalue weighted by Crippen LogP contribution is -2.13. The molecule has 4 nitrogen and oxygen atoms in total. The minimum atomic E-state index is -3.60. The van der Waals surface area contributed by atoms with Gasteiger partial charge in [0.25, 0.3) is 10.0 Å². The predicted molar refractivity (Wildman–Crippen MR) is 76.9 cm³/mol. The summed E-state index contributed by atoms with van der Waals surface area (Å²) >= 11 is 6.44. The van der Waals surface area contributed by atoms with Crippen LogP contribution in [0.3, 0.4) is 0 Å². The van der Waals surface area contributed by atoms with Crippen LogP contribution in [0.4, 0.5) is 5.82 Å². The number of benzene rings is 1. The van der Waals surface area contributed by atoms with Gasteiger partial charge in [0.15, 0.2) is 0 Å². The van der Waals surface area contributed by atoms with Gasteiger partial charge in [-0.25, -0.2) is 13.4 Å². The van der Waals surface area contributed by atoms with E-state index in [0.717, 1.165) is 4.47 Å². The van der Waals surface area contributed by atoms with Gasteiger partial charge in [-0.1, -0.05) is 22.0 Å². The zero-order valence-corrected chi connectivity index (χ0v) is 13.0. The molecule has 7 heteroatoms. The highest BCUT2D eigenvalue weighted by atomic mass is 79.9. The molecule has 1 aromatic carbocycles. The number of rotatable bonds is 3. The Labute approximate surface area is 122 Å². The first-order valence-corrected chi connectivity index (χ1v) is 7.95. The van der Waals surface area contributed by atoms with E-state index in [9.17, 15) is 8.42 Å². The van der Waals surface area contributed by atoms with Crippen molar-refractivity contribution in [1.82, 2.24) is 4.98 Å². The van der Waals surface area contributed by atoms with Gasteiger partial charge in [0.1, 0.15) is 10.4 Å². The third-order valence-corrected chi connectivity index (χ3v) is 4.42. The van der Waals surface area contributed by atoms with E-state index in [-0.39, 0.29) is 10.7 Å². The Bertz CT molecular complexity index is 657. The molecule has 0 saturated carbocycles. The Morgan fingerprint density at radius 2 is 1.67 bits per heavy atom. The van der Waals surface area contributed by atoms with Crippen LogP contribution in [-0.2, 0) is 10.0 Å². The normalized spacial score (nSPS) is 11.2. The summed E-state index contributed by atoms with van der Waals surface area (Å²) in [4.78, 5) is 4.21. The van der Waals surface area contributed by atoms with Crippen molar-refractivity contribution in [1.29, 1.82) is 0 Å². The van der Waals surface area contributed by atoms with E-state index in [4.69, 9.17) is 0 Å². The number of halogens is 2. The summed E-state index contributed by atoms with van der Waals surface area (Å²) in [7, 11) is -3.60. The molecule has 0 amide bonds. The fourth-order valence-electron chi connectivity index (χ4n) is 1.28. The van der Waals surface area contributed by atoms with E-state index in [0.29, 0.717) is 4.60 Å². The minimum absolute atomic E-state index is 0.187. The SMILES string of the molecule is O=S(=O)(Nc1cccc(Br)n1)c1ccc(Br)cc1. The monoisotopic (exact) mass is 390 g/mol. The lowest BCUT2D eigenvalue weighted by atomic mass is 10.4. The van der Waals surface area contributed by atoms with Crippen molar-refractivity contribution in [2.24, 2.45) is 0 Å². The van der Waals surface area contributed by atoms with E-state index >= 15 is 0 Å². The van der Waals surface area contributed by atoms with Gasteiger partial charge in [0, 0.05) is 4.47 Å². The van der Waals surface area contributed by atoms with Crippen LogP contribution in [0.1, 0.15) is 0 Å². The van der Waals surface area contributed by atoms with Gasteiger partial charge in [-0.3, -0.25) is 4.72 Å². The third-order valence-electron chi connectivity index (χ3n) is 2.08. The Balaban J connectivity index is 2.30. The van der Waals surface area contributed by atoms with Crippen LogP contribution in [-0.4, -0.2) is 13.4 Å². The minimum Gasteiger partial charge on any atom is -0.263 e. The maximum Gasteiger partial charge on any atom is 0.263 e. The summed E-state index contributed by atoms with van der Waals surface area (Å²) in [5, 5.41) is 0. The van der Waals surface area contributed by atoms with Gasteiger partial charge in [-0.05, 0) is 52.3 Å². The van der Waals surface area contributed by atoms with E-state index < -0.39 is 10.0 Å². The number of sulfonamides is 1. The standard InChI is InChI=1S/C11H8Br2N2O2S/c12-8-4-6-9(7-5-8)18(16,17)15-11-3-1-2-10(13)14-11/h1-7H,(H,14,15). The second-order valence-corrected chi connectivity index (χ2v) is 6.82. The average Bonchev–Trinajstić information content (AvgIpc) is 2.29. The largest absolute Gasteiger partial charge is 0.263 e. The summed E-state index contributed by atoms with van der Waals surface area (Å²) in [6.45, 7) is 0. The van der Waals surface area contributed by atoms with Crippen LogP contribution in [0.2, 0.25) is 0 Å². The summed E-state index contributed by atoms with van der Waals surface area (Å²) in [5.41, 5.74) is 0. The first-order chi connectivity index (χ1) is 8.47. The van der Waals surface area contributed by atoms with Crippen LogP contribution >= 0.6 is 31.9 Å². The maximum absolute atomic E-state index is 12.0. The highest BCUT2D eigenvalue weighted by molar-refractivity contribution is 9.10. The fourth-order valence-corrected chi connectivity index (χ4v) is 2.88. The number of nitrogens with one attached hydrogen (secondary N) is 1. The molecule has 94 valence electrons. The molecule has 0 saturated heterocycles. The molecular formula is C11H8Br2N2O2S. The molecule has 1 heterocycles. The van der Waals surface area contributed by atoms with Crippen LogP contribution in [0.5, 0.6) is 0 Å². The Morgan fingerprint density at radius 3 is 2.28 bits per heavy atom. The van der Waals surface area contributed by atoms with Crippen molar-refractivity contribution in [3.8, 4) is 0 Å². The summed E-state index contributed by atoms with van der Waals surface area (Å²) < 4.78 is 27.9. The highest BCUT2D eigenvalue weighted by Gasteiger charge is 2.14. The van der Waals surface area contributed by atoms with Gasteiger partial charge in [0.05, 0.1) is 4.90 Å². The van der Waals surface area contributed by atoms with Crippen molar-refractivity contribution < 1.29 is 8.42 Å². The molecule has 0 aliphatic rings. The molecule has 0 spiro atoms. The Morgan fingerprint density at radius 1 is 1.00 bits per heavy atom. The molecular weight excluding hydrogens is 384 g/mol. The topological polar surface area (TPSA) is 59.1 Å². The quantitative estimate of drug-likeness (QED) is 0.815. The smallest absolute Gasteiger partial charge is 0.263 e. The molecule has 0 fully saturated rings. The van der Waals surface area contributed by atoms with Crippen molar-refractivity contribution >= 4 is 47.7 Å². The van der Waals surface area contributed by atoms with Gasteiger partial charge in [0.2, 0.25) is 0 Å². The highest BCUT2D eigenvalue weighted by Crippen LogP contribution is 2.18. The Hall–Kier alpha value is -0.920. The average molecular weight is 392 g/mol. The molecule has 0 unspecified atom stereocenters. The van der Waals surface area contributed by atoms with Crippen molar-refractivity contribution in [2.45, 2.75) is 4.90 Å². The van der Waals surface area contributed by atoms with E-state index in [2.05, 4.69) is 41.6 Å². The van der Waals surface area contributed by atoms with Crippen LogP contribution in [0, 0.1) is 0 Å². The molecule has 1 aromatic heterocycles. The number of hydrogen-bond acceptors (Lipinski definition) is 3. The van der Waals surface area contributed by atoms with Crippen molar-refractivity contribution in [3.63, 3.8) is 0 Å². The zero-order chi connectivity index (χ0) is 13.2. The second-order valence-electron chi connectivity index (χ2n) is 3.40. The van der Waals surface area contributed by atoms with Crippen LogP contribution < -0.4 is 4.72 Å². The molecule has 0 aliphatic heterocycles. The van der Waals surface area contributed by atoms with Crippen LogP contribution in [0.25, 0.3) is 0 Å². The predicted octanol–water partition coefficient (Wildman–Crippen LogP) is 3.41. The number of anilines is 1. The molecule has 18 heavy (non-hydrogen) atoms. The van der Waals surface area contributed by atoms with Gasteiger partial charge in [-0.15, -0.1) is 0 Å². The molecule has 0 atom stereocenters. The molecule has 0 aliphatic carbocycles. The third kappa shape index (κ3) is 3.30. The van der Waals surface area contributed by atoms with E-state index in [1.165, 1.54) is 12.1 Å². The van der Waals surface area contributed by atoms with Crippen molar-refractivity contribution in [2.75, 3.05) is 4.72 Å². The Kier molecular flexibility index (Phi) is 4.04. The zero-order valence-electron chi connectivity index (χ0n) is 8.97. The van der Waals surface area contributed by atoms with Crippen LogP contribution in [0.15, 0.2) is 56.4 Å². The summed E-state index contributed by atoms with van der Waals surface area (Å²) in [6.07, 6.45) is 0. The summed E-state index contributed by atoms with van der Waals surface area (Å²) in [5.74, 6) is 0.271. The molecule has 0 bridgehead atoms.